The monoisotopic (exact) mass is 367 g/mol. The van der Waals surface area contributed by atoms with E-state index in [2.05, 4.69) is 16.3 Å². The highest BCUT2D eigenvalue weighted by Crippen LogP contribution is 2.21. The van der Waals surface area contributed by atoms with Crippen LogP contribution in [-0.4, -0.2) is 37.2 Å². The van der Waals surface area contributed by atoms with Crippen molar-refractivity contribution in [3.05, 3.63) is 66.4 Å². The Hall–Kier alpha value is -3.41. The zero-order chi connectivity index (χ0) is 19.6. The summed E-state index contributed by atoms with van der Waals surface area (Å²) in [5.74, 6) is -0.170. The Kier molecular flexibility index (Phi) is 7.31. The Balaban J connectivity index is 1.89. The summed E-state index contributed by atoms with van der Waals surface area (Å²) in [4.78, 5) is 26.7. The van der Waals surface area contributed by atoms with Gasteiger partial charge in [0.2, 0.25) is 0 Å². The summed E-state index contributed by atoms with van der Waals surface area (Å²) in [6.45, 7) is 5.53. The quantitative estimate of drug-likeness (QED) is 0.404. The fraction of sp³-hybridized carbons (Fsp3) is 0.190. The summed E-state index contributed by atoms with van der Waals surface area (Å²) in [5.41, 5.74) is 2.89. The molecule has 27 heavy (non-hydrogen) atoms. The molecule has 1 aromatic carbocycles. The van der Waals surface area contributed by atoms with E-state index >= 15 is 0 Å². The Labute approximate surface area is 158 Å². The largest absolute Gasteiger partial charge is 0.490 e. The number of methoxy groups -OCH3 is 1. The lowest BCUT2D eigenvalue weighted by Gasteiger charge is -2.08. The summed E-state index contributed by atoms with van der Waals surface area (Å²) in [6.07, 6.45) is 4.66. The molecule has 0 aliphatic carbocycles. The summed E-state index contributed by atoms with van der Waals surface area (Å²) in [6, 6.07) is 11.2. The molecule has 6 nitrogen and oxygen atoms in total. The Morgan fingerprint density at radius 2 is 1.85 bits per heavy atom. The molecule has 2 rings (SSSR count). The molecule has 140 valence electrons. The van der Waals surface area contributed by atoms with Crippen molar-refractivity contribution in [2.75, 3.05) is 20.3 Å². The maximum absolute atomic E-state index is 11.3. The molecule has 0 atom stereocenters. The van der Waals surface area contributed by atoms with E-state index in [-0.39, 0.29) is 13.2 Å². The number of carbonyl (C=O) groups excluding carboxylic acids is 2. The summed E-state index contributed by atoms with van der Waals surface area (Å²) in [5, 5.41) is 0. The van der Waals surface area contributed by atoms with Gasteiger partial charge in [0.1, 0.15) is 19.0 Å². The molecule has 0 radical (unpaired) electrons. The van der Waals surface area contributed by atoms with Crippen molar-refractivity contribution >= 4 is 18.0 Å². The second-order valence-electron chi connectivity index (χ2n) is 5.62. The SMILES string of the molecule is C=C(C)C(=O)OCCOc1ccc(-c2ccc(/C=C/C(=O)OC)cn2)cc1. The number of hydrogen-bond acceptors (Lipinski definition) is 6. The van der Waals surface area contributed by atoms with Crippen LogP contribution in [0.4, 0.5) is 0 Å². The van der Waals surface area contributed by atoms with Crippen molar-refractivity contribution in [1.29, 1.82) is 0 Å². The lowest BCUT2D eigenvalue weighted by molar-refractivity contribution is -0.139. The number of nitrogens with zero attached hydrogens (tertiary/aromatic N) is 1. The van der Waals surface area contributed by atoms with Crippen molar-refractivity contribution in [2.24, 2.45) is 0 Å². The molecule has 0 fully saturated rings. The van der Waals surface area contributed by atoms with Crippen LogP contribution in [0.3, 0.4) is 0 Å². The lowest BCUT2D eigenvalue weighted by Crippen LogP contribution is -2.12. The predicted octanol–water partition coefficient (Wildman–Crippen LogP) is 3.43. The van der Waals surface area contributed by atoms with E-state index in [0.29, 0.717) is 11.3 Å². The molecule has 0 saturated carbocycles. The minimum absolute atomic E-state index is 0.162. The van der Waals surface area contributed by atoms with Crippen LogP contribution in [0, 0.1) is 0 Å². The fourth-order valence-corrected chi connectivity index (χ4v) is 2.05. The van der Waals surface area contributed by atoms with Gasteiger partial charge in [0.05, 0.1) is 12.8 Å². The van der Waals surface area contributed by atoms with Gasteiger partial charge in [-0.05, 0) is 48.9 Å². The first-order valence-electron chi connectivity index (χ1n) is 8.27. The number of esters is 2. The van der Waals surface area contributed by atoms with E-state index in [1.165, 1.54) is 13.2 Å². The highest BCUT2D eigenvalue weighted by molar-refractivity contribution is 5.87. The van der Waals surface area contributed by atoms with E-state index in [1.807, 2.05) is 36.4 Å². The van der Waals surface area contributed by atoms with Crippen molar-refractivity contribution in [1.82, 2.24) is 4.98 Å². The maximum Gasteiger partial charge on any atom is 0.333 e. The number of hydrogen-bond donors (Lipinski definition) is 0. The van der Waals surface area contributed by atoms with Crippen molar-refractivity contribution in [3.8, 4) is 17.0 Å². The zero-order valence-corrected chi connectivity index (χ0v) is 15.3. The molecule has 6 heteroatoms. The molecule has 0 bridgehead atoms. The third-order valence-corrected chi connectivity index (χ3v) is 3.48. The Morgan fingerprint density at radius 3 is 2.44 bits per heavy atom. The Morgan fingerprint density at radius 1 is 1.11 bits per heavy atom. The number of pyridine rings is 1. The first kappa shape index (κ1) is 19.9. The number of aromatic nitrogens is 1. The number of benzene rings is 1. The Bertz CT molecular complexity index is 823. The normalized spacial score (nSPS) is 10.4. The third-order valence-electron chi connectivity index (χ3n) is 3.48. The van der Waals surface area contributed by atoms with Crippen LogP contribution in [0.5, 0.6) is 5.75 Å². The van der Waals surface area contributed by atoms with Crippen LogP contribution in [0.15, 0.2) is 60.8 Å². The van der Waals surface area contributed by atoms with Gasteiger partial charge in [-0.3, -0.25) is 4.98 Å². The van der Waals surface area contributed by atoms with Crippen molar-refractivity contribution in [3.63, 3.8) is 0 Å². The zero-order valence-electron chi connectivity index (χ0n) is 15.3. The predicted molar refractivity (Wildman–Crippen MR) is 102 cm³/mol. The van der Waals surface area contributed by atoms with Gasteiger partial charge < -0.3 is 14.2 Å². The number of rotatable bonds is 8. The molecule has 1 aromatic heterocycles. The van der Waals surface area contributed by atoms with Gasteiger partial charge in [-0.25, -0.2) is 9.59 Å². The van der Waals surface area contributed by atoms with Gasteiger partial charge in [-0.1, -0.05) is 12.6 Å². The summed E-state index contributed by atoms with van der Waals surface area (Å²) < 4.78 is 15.0. The topological polar surface area (TPSA) is 74.7 Å². The van der Waals surface area contributed by atoms with Gasteiger partial charge in [0.25, 0.3) is 0 Å². The molecule has 0 N–H and O–H groups in total. The molecule has 0 aliphatic heterocycles. The molecule has 0 saturated heterocycles. The van der Waals surface area contributed by atoms with Crippen molar-refractivity contribution < 1.29 is 23.8 Å². The average Bonchev–Trinajstić information content (AvgIpc) is 2.70. The second kappa shape index (κ2) is 9.91. The van der Waals surface area contributed by atoms with Crippen LogP contribution in [0.25, 0.3) is 17.3 Å². The molecule has 0 amide bonds. The van der Waals surface area contributed by atoms with Gasteiger partial charge in [-0.2, -0.15) is 0 Å². The van der Waals surface area contributed by atoms with Crippen LogP contribution in [0.2, 0.25) is 0 Å². The summed E-state index contributed by atoms with van der Waals surface area (Å²) in [7, 11) is 1.33. The first-order valence-corrected chi connectivity index (χ1v) is 8.27. The molecule has 0 spiro atoms. The lowest BCUT2D eigenvalue weighted by atomic mass is 10.1. The molecule has 1 heterocycles. The van der Waals surface area contributed by atoms with Crippen LogP contribution >= 0.6 is 0 Å². The van der Waals surface area contributed by atoms with E-state index < -0.39 is 11.9 Å². The fourth-order valence-electron chi connectivity index (χ4n) is 2.05. The van der Waals surface area contributed by atoms with Gasteiger partial charge in [0, 0.05) is 23.4 Å². The smallest absolute Gasteiger partial charge is 0.333 e. The molecule has 0 aliphatic rings. The maximum atomic E-state index is 11.3. The van der Waals surface area contributed by atoms with E-state index in [4.69, 9.17) is 9.47 Å². The third kappa shape index (κ3) is 6.43. The molecular formula is C21H21NO5. The van der Waals surface area contributed by atoms with E-state index in [0.717, 1.165) is 16.8 Å². The van der Waals surface area contributed by atoms with Crippen LogP contribution in [0.1, 0.15) is 12.5 Å². The van der Waals surface area contributed by atoms with Gasteiger partial charge in [-0.15, -0.1) is 0 Å². The highest BCUT2D eigenvalue weighted by atomic mass is 16.6. The average molecular weight is 367 g/mol. The van der Waals surface area contributed by atoms with Crippen LogP contribution < -0.4 is 4.74 Å². The van der Waals surface area contributed by atoms with Gasteiger partial charge in [0.15, 0.2) is 0 Å². The molecule has 2 aromatic rings. The molecular weight excluding hydrogens is 346 g/mol. The number of carbonyl (C=O) groups is 2. The standard InChI is InChI=1S/C21H21NO5/c1-15(2)21(24)27-13-12-26-18-8-6-17(7-9-18)19-10-4-16(14-22-19)5-11-20(23)25-3/h4-11,14H,1,12-13H2,2-3H3/b11-5+. The van der Waals surface area contributed by atoms with E-state index in [1.54, 1.807) is 19.2 Å². The van der Waals surface area contributed by atoms with Crippen molar-refractivity contribution in [2.45, 2.75) is 6.92 Å². The van der Waals surface area contributed by atoms with E-state index in [9.17, 15) is 9.59 Å². The minimum atomic E-state index is -0.426. The number of ether oxygens (including phenoxy) is 3. The molecule has 0 unspecified atom stereocenters. The van der Waals surface area contributed by atoms with Gasteiger partial charge >= 0.3 is 11.9 Å². The highest BCUT2D eigenvalue weighted by Gasteiger charge is 2.04. The summed E-state index contributed by atoms with van der Waals surface area (Å²) >= 11 is 0. The minimum Gasteiger partial charge on any atom is -0.490 e. The second-order valence-corrected chi connectivity index (χ2v) is 5.62. The van der Waals surface area contributed by atoms with Crippen LogP contribution in [-0.2, 0) is 19.1 Å². The first-order chi connectivity index (χ1) is 13.0.